The maximum absolute atomic E-state index is 13.7. The Hall–Kier alpha value is -2.18. The third kappa shape index (κ3) is 1.44. The van der Waals surface area contributed by atoms with E-state index in [1.165, 1.54) is 10.7 Å². The Kier molecular flexibility index (Phi) is 2.29. The van der Waals surface area contributed by atoms with E-state index in [4.69, 9.17) is 0 Å². The van der Waals surface area contributed by atoms with Gasteiger partial charge in [-0.05, 0) is 13.0 Å². The summed E-state index contributed by atoms with van der Waals surface area (Å²) in [5.74, 6) is -6.66. The van der Waals surface area contributed by atoms with Gasteiger partial charge in [-0.25, -0.2) is 22.5 Å². The SMILES string of the molecule is Cc1nn(C)c2nc3c(F)c(F)c(F)c(F)c3cc12. The second-order valence-corrected chi connectivity index (χ2v) is 4.22. The van der Waals surface area contributed by atoms with Crippen molar-refractivity contribution in [2.45, 2.75) is 6.92 Å². The topological polar surface area (TPSA) is 30.7 Å². The number of benzene rings is 1. The molecule has 0 amide bonds. The highest BCUT2D eigenvalue weighted by Crippen LogP contribution is 2.29. The predicted molar refractivity (Wildman–Crippen MR) is 60.6 cm³/mol. The van der Waals surface area contributed by atoms with E-state index in [1.807, 2.05) is 0 Å². The van der Waals surface area contributed by atoms with Crippen molar-refractivity contribution < 1.29 is 17.6 Å². The molecule has 0 aliphatic carbocycles. The minimum atomic E-state index is -1.87. The average Bonchev–Trinajstić information content (AvgIpc) is 2.67. The van der Waals surface area contributed by atoms with E-state index >= 15 is 0 Å². The fourth-order valence-electron chi connectivity index (χ4n) is 2.09. The molecule has 0 fully saturated rings. The van der Waals surface area contributed by atoms with Crippen molar-refractivity contribution in [2.75, 3.05) is 0 Å². The molecular weight excluding hydrogens is 262 g/mol. The molecule has 0 bridgehead atoms. The number of rotatable bonds is 0. The number of nitrogens with zero attached hydrogens (tertiary/aromatic N) is 3. The van der Waals surface area contributed by atoms with E-state index in [1.54, 1.807) is 14.0 Å². The molecular formula is C12H7F4N3. The molecule has 3 rings (SSSR count). The smallest absolute Gasteiger partial charge is 0.199 e. The summed E-state index contributed by atoms with van der Waals surface area (Å²) in [6.07, 6.45) is 0. The molecule has 0 saturated carbocycles. The van der Waals surface area contributed by atoms with E-state index < -0.39 is 34.2 Å². The maximum Gasteiger partial charge on any atom is 0.199 e. The molecule has 2 aromatic heterocycles. The molecule has 0 saturated heterocycles. The molecule has 0 unspecified atom stereocenters. The summed E-state index contributed by atoms with van der Waals surface area (Å²) < 4.78 is 55.0. The minimum absolute atomic E-state index is 0.273. The Morgan fingerprint density at radius 1 is 0.947 bits per heavy atom. The van der Waals surface area contributed by atoms with Crippen LogP contribution in [0.25, 0.3) is 21.9 Å². The Morgan fingerprint density at radius 2 is 1.58 bits per heavy atom. The lowest BCUT2D eigenvalue weighted by Crippen LogP contribution is -2.01. The summed E-state index contributed by atoms with van der Waals surface area (Å²) in [7, 11) is 1.57. The van der Waals surface area contributed by atoms with Crippen LogP contribution >= 0.6 is 0 Å². The minimum Gasteiger partial charge on any atom is -0.250 e. The summed E-state index contributed by atoms with van der Waals surface area (Å²) >= 11 is 0. The molecule has 0 atom stereocenters. The standard InChI is InChI=1S/C12H7F4N3/c1-4-5-3-6-7(13)8(14)9(15)10(16)11(6)17-12(5)19(2)18-4/h3H,1-2H3. The largest absolute Gasteiger partial charge is 0.250 e. The van der Waals surface area contributed by atoms with Gasteiger partial charge in [-0.3, -0.25) is 4.68 Å². The average molecular weight is 269 g/mol. The first-order chi connectivity index (χ1) is 8.91. The van der Waals surface area contributed by atoms with Gasteiger partial charge in [0.15, 0.2) is 28.9 Å². The quantitative estimate of drug-likeness (QED) is 0.357. The van der Waals surface area contributed by atoms with Crippen LogP contribution in [0.5, 0.6) is 0 Å². The van der Waals surface area contributed by atoms with Crippen molar-refractivity contribution in [3.05, 3.63) is 35.0 Å². The van der Waals surface area contributed by atoms with Crippen LogP contribution in [0.15, 0.2) is 6.07 Å². The summed E-state index contributed by atoms with van der Waals surface area (Å²) in [4.78, 5) is 3.84. The number of halogens is 4. The summed E-state index contributed by atoms with van der Waals surface area (Å²) in [5, 5.41) is 4.09. The van der Waals surface area contributed by atoms with E-state index in [0.29, 0.717) is 11.1 Å². The second kappa shape index (κ2) is 3.66. The van der Waals surface area contributed by atoms with Gasteiger partial charge < -0.3 is 0 Å². The van der Waals surface area contributed by atoms with E-state index in [0.717, 1.165) is 0 Å². The van der Waals surface area contributed by atoms with Gasteiger partial charge in [0.2, 0.25) is 0 Å². The van der Waals surface area contributed by atoms with Gasteiger partial charge in [-0.2, -0.15) is 5.10 Å². The lowest BCUT2D eigenvalue weighted by Gasteiger charge is -2.04. The fourth-order valence-corrected chi connectivity index (χ4v) is 2.09. The Morgan fingerprint density at radius 3 is 2.26 bits per heavy atom. The van der Waals surface area contributed by atoms with Crippen LogP contribution in [0.2, 0.25) is 0 Å². The van der Waals surface area contributed by atoms with Gasteiger partial charge in [0.25, 0.3) is 0 Å². The molecule has 1 aromatic carbocycles. The van der Waals surface area contributed by atoms with Crippen molar-refractivity contribution in [3.63, 3.8) is 0 Å². The first-order valence-corrected chi connectivity index (χ1v) is 5.37. The summed E-state index contributed by atoms with van der Waals surface area (Å²) in [6.45, 7) is 1.66. The van der Waals surface area contributed by atoms with Crippen molar-refractivity contribution in [1.82, 2.24) is 14.8 Å². The fraction of sp³-hybridized carbons (Fsp3) is 0.167. The number of fused-ring (bicyclic) bond motifs is 2. The first-order valence-electron chi connectivity index (χ1n) is 5.37. The van der Waals surface area contributed by atoms with Gasteiger partial charge in [-0.1, -0.05) is 0 Å². The predicted octanol–water partition coefficient (Wildman–Crippen LogP) is 2.99. The Bertz CT molecular complexity index is 771. The van der Waals surface area contributed by atoms with Gasteiger partial charge >= 0.3 is 0 Å². The lowest BCUT2D eigenvalue weighted by molar-refractivity contribution is 0.417. The molecule has 98 valence electrons. The van der Waals surface area contributed by atoms with Crippen LogP contribution in [0.4, 0.5) is 17.6 Å². The van der Waals surface area contributed by atoms with Crippen LogP contribution in [0, 0.1) is 30.2 Å². The molecule has 0 N–H and O–H groups in total. The summed E-state index contributed by atoms with van der Waals surface area (Å²) in [6, 6.07) is 1.22. The number of aromatic nitrogens is 3. The monoisotopic (exact) mass is 269 g/mol. The van der Waals surface area contributed by atoms with Crippen LogP contribution < -0.4 is 0 Å². The molecule has 0 radical (unpaired) electrons. The van der Waals surface area contributed by atoms with Gasteiger partial charge in [0.1, 0.15) is 5.52 Å². The molecule has 0 aliphatic heterocycles. The Labute approximate surface area is 104 Å². The molecule has 0 aliphatic rings. The molecule has 2 heterocycles. The zero-order valence-electron chi connectivity index (χ0n) is 9.93. The first kappa shape index (κ1) is 11.9. The van der Waals surface area contributed by atoms with Crippen LogP contribution in [-0.4, -0.2) is 14.8 Å². The molecule has 19 heavy (non-hydrogen) atoms. The number of hydrogen-bond acceptors (Lipinski definition) is 2. The highest BCUT2D eigenvalue weighted by Gasteiger charge is 2.22. The zero-order valence-corrected chi connectivity index (χ0v) is 9.93. The molecule has 3 nitrogen and oxygen atoms in total. The highest BCUT2D eigenvalue weighted by atomic mass is 19.2. The van der Waals surface area contributed by atoms with Crippen LogP contribution in [0.1, 0.15) is 5.69 Å². The van der Waals surface area contributed by atoms with Crippen molar-refractivity contribution in [3.8, 4) is 0 Å². The normalized spacial score (nSPS) is 11.7. The van der Waals surface area contributed by atoms with Gasteiger partial charge in [-0.15, -0.1) is 0 Å². The molecule has 3 aromatic rings. The highest BCUT2D eigenvalue weighted by molar-refractivity contribution is 5.93. The number of hydrogen-bond donors (Lipinski definition) is 0. The second-order valence-electron chi connectivity index (χ2n) is 4.22. The lowest BCUT2D eigenvalue weighted by atomic mass is 10.1. The van der Waals surface area contributed by atoms with E-state index in [-0.39, 0.29) is 5.65 Å². The van der Waals surface area contributed by atoms with E-state index in [9.17, 15) is 17.6 Å². The third-order valence-corrected chi connectivity index (χ3v) is 3.02. The van der Waals surface area contributed by atoms with Crippen LogP contribution in [-0.2, 0) is 7.05 Å². The number of pyridine rings is 1. The number of aryl methyl sites for hydroxylation is 2. The van der Waals surface area contributed by atoms with Gasteiger partial charge in [0, 0.05) is 17.8 Å². The van der Waals surface area contributed by atoms with Crippen molar-refractivity contribution in [1.29, 1.82) is 0 Å². The van der Waals surface area contributed by atoms with Crippen LogP contribution in [0.3, 0.4) is 0 Å². The Balaban J connectivity index is 2.61. The maximum atomic E-state index is 13.7. The van der Waals surface area contributed by atoms with Crippen molar-refractivity contribution in [2.24, 2.45) is 7.05 Å². The summed E-state index contributed by atoms with van der Waals surface area (Å²) in [5.41, 5.74) is 0.262. The van der Waals surface area contributed by atoms with Crippen molar-refractivity contribution >= 4 is 21.9 Å². The van der Waals surface area contributed by atoms with E-state index in [2.05, 4.69) is 10.1 Å². The molecule has 7 heteroatoms. The zero-order chi connectivity index (χ0) is 13.9. The third-order valence-electron chi connectivity index (χ3n) is 3.02. The van der Waals surface area contributed by atoms with Gasteiger partial charge in [0.05, 0.1) is 5.69 Å². The molecule has 0 spiro atoms.